The molecule has 1 aliphatic heterocycles. The Kier molecular flexibility index (Phi) is 5.29. The molecule has 0 atom stereocenters. The third-order valence-corrected chi connectivity index (χ3v) is 5.79. The van der Waals surface area contributed by atoms with Crippen LogP contribution >= 0.6 is 23.1 Å². The zero-order valence-electron chi connectivity index (χ0n) is 13.3. The highest BCUT2D eigenvalue weighted by atomic mass is 32.2. The van der Waals surface area contributed by atoms with E-state index < -0.39 is 0 Å². The van der Waals surface area contributed by atoms with Crippen LogP contribution in [0.4, 0.5) is 0 Å². The fraction of sp³-hybridized carbons (Fsp3) is 0.571. The number of hydrogen-bond donors (Lipinski definition) is 0. The van der Waals surface area contributed by atoms with Crippen molar-refractivity contribution in [3.63, 3.8) is 0 Å². The molecule has 1 saturated heterocycles. The average molecular weight is 352 g/mol. The minimum absolute atomic E-state index is 0.180. The molecular weight excluding hydrogens is 332 g/mol. The van der Waals surface area contributed by atoms with Crippen LogP contribution in [0.25, 0.3) is 0 Å². The maximum atomic E-state index is 12.3. The van der Waals surface area contributed by atoms with E-state index in [1.165, 1.54) is 23.1 Å². The molecule has 0 unspecified atom stereocenters. The number of imidazole rings is 1. The number of nitrogens with zero attached hydrogens (tertiary/aromatic N) is 6. The molecule has 0 aromatic carbocycles. The molecule has 0 N–H and O–H groups in total. The summed E-state index contributed by atoms with van der Waals surface area (Å²) in [5, 5.41) is 8.94. The maximum absolute atomic E-state index is 12.3. The van der Waals surface area contributed by atoms with Gasteiger partial charge in [-0.15, -0.1) is 10.2 Å². The lowest BCUT2D eigenvalue weighted by molar-refractivity contribution is -0.130. The van der Waals surface area contributed by atoms with E-state index in [1.54, 1.807) is 0 Å². The summed E-state index contributed by atoms with van der Waals surface area (Å²) >= 11 is 3.01. The largest absolute Gasteiger partial charge is 0.339 e. The molecule has 3 rings (SSSR count). The number of carbonyl (C=O) groups is 1. The van der Waals surface area contributed by atoms with Gasteiger partial charge in [0.1, 0.15) is 10.8 Å². The minimum atomic E-state index is 0.180. The van der Waals surface area contributed by atoms with Crippen LogP contribution in [-0.2, 0) is 18.4 Å². The van der Waals surface area contributed by atoms with E-state index in [1.807, 2.05) is 35.8 Å². The zero-order valence-corrected chi connectivity index (χ0v) is 14.9. The molecule has 0 spiro atoms. The number of carbonyl (C=O) groups excluding carboxylic acids is 1. The lowest BCUT2D eigenvalue weighted by Crippen LogP contribution is -2.49. The van der Waals surface area contributed by atoms with Gasteiger partial charge in [0.2, 0.25) is 5.91 Å². The number of hydrogen-bond acceptors (Lipinski definition) is 7. The molecule has 23 heavy (non-hydrogen) atoms. The van der Waals surface area contributed by atoms with Crippen molar-refractivity contribution in [1.82, 2.24) is 29.5 Å². The normalized spacial score (nSPS) is 16.0. The number of aryl methyl sites for hydroxylation is 2. The van der Waals surface area contributed by atoms with Crippen LogP contribution in [0.1, 0.15) is 10.8 Å². The molecular formula is C14H20N6OS2. The SMILES string of the molecule is Cc1nnc(SCC(=O)N2CCN(Cc3nccn3C)CC2)s1. The first-order valence-corrected chi connectivity index (χ1v) is 9.31. The van der Waals surface area contributed by atoms with Crippen LogP contribution in [0.3, 0.4) is 0 Å². The van der Waals surface area contributed by atoms with Crippen molar-refractivity contribution in [2.75, 3.05) is 31.9 Å². The summed E-state index contributed by atoms with van der Waals surface area (Å²) in [7, 11) is 2.01. The quantitative estimate of drug-likeness (QED) is 0.749. The lowest BCUT2D eigenvalue weighted by atomic mass is 10.3. The van der Waals surface area contributed by atoms with Crippen molar-refractivity contribution in [3.05, 3.63) is 23.2 Å². The summed E-state index contributed by atoms with van der Waals surface area (Å²) in [6, 6.07) is 0. The second-order valence-corrected chi connectivity index (χ2v) is 7.89. The third-order valence-electron chi connectivity index (χ3n) is 3.84. The summed E-state index contributed by atoms with van der Waals surface area (Å²) in [5.41, 5.74) is 0. The van der Waals surface area contributed by atoms with Gasteiger partial charge in [-0.2, -0.15) is 0 Å². The number of aromatic nitrogens is 4. The Bertz CT molecular complexity index is 662. The summed E-state index contributed by atoms with van der Waals surface area (Å²) in [5.74, 6) is 1.68. The number of amides is 1. The topological polar surface area (TPSA) is 67.2 Å². The van der Waals surface area contributed by atoms with E-state index in [-0.39, 0.29) is 5.91 Å². The van der Waals surface area contributed by atoms with Crippen LogP contribution in [-0.4, -0.2) is 67.4 Å². The lowest BCUT2D eigenvalue weighted by Gasteiger charge is -2.34. The Morgan fingerprint density at radius 1 is 1.30 bits per heavy atom. The van der Waals surface area contributed by atoms with Crippen LogP contribution in [0.15, 0.2) is 16.7 Å². The summed E-state index contributed by atoms with van der Waals surface area (Å²) in [4.78, 5) is 20.9. The minimum Gasteiger partial charge on any atom is -0.339 e. The molecule has 0 saturated carbocycles. The Balaban J connectivity index is 1.43. The molecule has 2 aromatic rings. The molecule has 0 aliphatic carbocycles. The van der Waals surface area contributed by atoms with Crippen molar-refractivity contribution in [3.8, 4) is 0 Å². The van der Waals surface area contributed by atoms with E-state index in [2.05, 4.69) is 20.1 Å². The highest BCUT2D eigenvalue weighted by Gasteiger charge is 2.22. The van der Waals surface area contributed by atoms with Crippen molar-refractivity contribution in [2.45, 2.75) is 17.8 Å². The van der Waals surface area contributed by atoms with E-state index in [4.69, 9.17) is 0 Å². The molecule has 3 heterocycles. The highest BCUT2D eigenvalue weighted by Crippen LogP contribution is 2.22. The monoisotopic (exact) mass is 352 g/mol. The summed E-state index contributed by atoms with van der Waals surface area (Å²) in [6.07, 6.45) is 3.78. The average Bonchev–Trinajstić information content (AvgIpc) is 3.14. The van der Waals surface area contributed by atoms with Crippen LogP contribution in [0, 0.1) is 6.92 Å². The zero-order chi connectivity index (χ0) is 16.2. The molecule has 1 amide bonds. The Labute approximate surface area is 143 Å². The van der Waals surface area contributed by atoms with Gasteiger partial charge in [0.25, 0.3) is 0 Å². The number of rotatable bonds is 5. The van der Waals surface area contributed by atoms with Gasteiger partial charge in [0, 0.05) is 45.6 Å². The van der Waals surface area contributed by atoms with Gasteiger partial charge < -0.3 is 9.47 Å². The molecule has 2 aromatic heterocycles. The van der Waals surface area contributed by atoms with Gasteiger partial charge in [-0.25, -0.2) is 4.98 Å². The molecule has 0 bridgehead atoms. The van der Waals surface area contributed by atoms with Crippen LogP contribution in [0.2, 0.25) is 0 Å². The molecule has 0 radical (unpaired) electrons. The van der Waals surface area contributed by atoms with E-state index >= 15 is 0 Å². The first kappa shape index (κ1) is 16.4. The standard InChI is InChI=1S/C14H20N6OS2/c1-11-16-17-14(23-11)22-10-13(21)20-7-5-19(6-8-20)9-12-15-3-4-18(12)2/h3-4H,5-10H2,1-2H3. The molecule has 1 fully saturated rings. The van der Waals surface area contributed by atoms with E-state index in [0.29, 0.717) is 5.75 Å². The maximum Gasteiger partial charge on any atom is 0.233 e. The van der Waals surface area contributed by atoms with Gasteiger partial charge in [0.15, 0.2) is 4.34 Å². The second kappa shape index (κ2) is 7.41. The van der Waals surface area contributed by atoms with Crippen molar-refractivity contribution < 1.29 is 4.79 Å². The highest BCUT2D eigenvalue weighted by molar-refractivity contribution is 8.01. The van der Waals surface area contributed by atoms with Gasteiger partial charge >= 0.3 is 0 Å². The number of thioether (sulfide) groups is 1. The first-order valence-electron chi connectivity index (χ1n) is 7.51. The molecule has 124 valence electrons. The fourth-order valence-corrected chi connectivity index (χ4v) is 4.17. The Hall–Kier alpha value is -1.45. The summed E-state index contributed by atoms with van der Waals surface area (Å²) in [6.45, 7) is 6.09. The van der Waals surface area contributed by atoms with Crippen LogP contribution < -0.4 is 0 Å². The van der Waals surface area contributed by atoms with Crippen LogP contribution in [0.5, 0.6) is 0 Å². The van der Waals surface area contributed by atoms with Gasteiger partial charge in [-0.1, -0.05) is 23.1 Å². The number of piperazine rings is 1. The Morgan fingerprint density at radius 3 is 2.70 bits per heavy atom. The predicted molar refractivity (Wildman–Crippen MR) is 90.4 cm³/mol. The third kappa shape index (κ3) is 4.30. The van der Waals surface area contributed by atoms with E-state index in [9.17, 15) is 4.79 Å². The van der Waals surface area contributed by atoms with Gasteiger partial charge in [0.05, 0.1) is 12.3 Å². The van der Waals surface area contributed by atoms with Gasteiger partial charge in [-0.3, -0.25) is 9.69 Å². The fourth-order valence-electron chi connectivity index (χ4n) is 2.46. The van der Waals surface area contributed by atoms with Crippen molar-refractivity contribution in [2.24, 2.45) is 7.05 Å². The summed E-state index contributed by atoms with van der Waals surface area (Å²) < 4.78 is 2.90. The second-order valence-electron chi connectivity index (χ2n) is 5.49. The predicted octanol–water partition coefficient (Wildman–Crippen LogP) is 1.02. The molecule has 7 nitrogen and oxygen atoms in total. The Morgan fingerprint density at radius 2 is 2.09 bits per heavy atom. The van der Waals surface area contributed by atoms with Gasteiger partial charge in [-0.05, 0) is 6.92 Å². The smallest absolute Gasteiger partial charge is 0.233 e. The molecule has 1 aliphatic rings. The molecule has 9 heteroatoms. The first-order chi connectivity index (χ1) is 11.1. The van der Waals surface area contributed by atoms with Crippen molar-refractivity contribution >= 4 is 29.0 Å². The van der Waals surface area contributed by atoms with Crippen molar-refractivity contribution in [1.29, 1.82) is 0 Å². The van der Waals surface area contributed by atoms with E-state index in [0.717, 1.165) is 47.9 Å².